The van der Waals surface area contributed by atoms with Crippen LogP contribution in [0.5, 0.6) is 5.75 Å². The van der Waals surface area contributed by atoms with E-state index in [4.69, 9.17) is 0 Å². The lowest BCUT2D eigenvalue weighted by molar-refractivity contribution is -0.672. The summed E-state index contributed by atoms with van der Waals surface area (Å²) in [6.07, 6.45) is 2.63. The van der Waals surface area contributed by atoms with Gasteiger partial charge in [-0.05, 0) is 30.5 Å². The molecule has 4 N–H and O–H groups in total. The maximum atomic E-state index is 12.9. The van der Waals surface area contributed by atoms with Crippen molar-refractivity contribution in [3.63, 3.8) is 0 Å². The van der Waals surface area contributed by atoms with Gasteiger partial charge in [-0.15, -0.1) is 0 Å². The SMILES string of the molecule is C[NH2+]C1CCCCn2c1nc(C(=O)NCc1ccc(F)cc1)c(O)c2=O. The Kier molecular flexibility index (Phi) is 5.32. The topological polar surface area (TPSA) is 101 Å². The van der Waals surface area contributed by atoms with Crippen molar-refractivity contribution in [2.24, 2.45) is 0 Å². The molecule has 1 aliphatic rings. The number of fused-ring (bicyclic) bond motifs is 1. The maximum absolute atomic E-state index is 12.9. The standard InChI is InChI=1S/C18H21FN4O3/c1-20-13-4-2-3-9-23-16(13)22-14(15(24)18(23)26)17(25)21-10-11-5-7-12(19)8-6-11/h5-8,13,20,24H,2-4,9-10H2,1H3,(H,21,25)/p+1. The fourth-order valence-electron chi connectivity index (χ4n) is 3.17. The second-order valence-corrected chi connectivity index (χ2v) is 6.37. The van der Waals surface area contributed by atoms with Gasteiger partial charge >= 0.3 is 0 Å². The minimum Gasteiger partial charge on any atom is -0.501 e. The van der Waals surface area contributed by atoms with Crippen LogP contribution in [0.1, 0.15) is 47.2 Å². The summed E-state index contributed by atoms with van der Waals surface area (Å²) in [5.41, 5.74) is -0.154. The van der Waals surface area contributed by atoms with E-state index in [2.05, 4.69) is 10.3 Å². The fraction of sp³-hybridized carbons (Fsp3) is 0.389. The second kappa shape index (κ2) is 7.65. The van der Waals surface area contributed by atoms with Gasteiger partial charge in [-0.1, -0.05) is 12.1 Å². The minimum absolute atomic E-state index is 0.0329. The molecular formula is C18H22FN4O3+. The van der Waals surface area contributed by atoms with Crippen LogP contribution in [0, 0.1) is 5.82 Å². The van der Waals surface area contributed by atoms with E-state index in [1.54, 1.807) is 12.1 Å². The summed E-state index contributed by atoms with van der Waals surface area (Å²) in [6, 6.07) is 5.67. The third-order valence-electron chi connectivity index (χ3n) is 4.64. The van der Waals surface area contributed by atoms with Crippen LogP contribution in [-0.4, -0.2) is 27.6 Å². The van der Waals surface area contributed by atoms with Gasteiger partial charge < -0.3 is 15.7 Å². The number of hydrogen-bond acceptors (Lipinski definition) is 4. The molecule has 1 aliphatic heterocycles. The van der Waals surface area contributed by atoms with Crippen molar-refractivity contribution in [3.05, 3.63) is 57.5 Å². The first-order valence-corrected chi connectivity index (χ1v) is 8.67. The Labute approximate surface area is 149 Å². The molecule has 7 nitrogen and oxygen atoms in total. The number of aromatic nitrogens is 2. The Bertz CT molecular complexity index is 864. The molecule has 138 valence electrons. The van der Waals surface area contributed by atoms with Gasteiger partial charge in [0.2, 0.25) is 5.75 Å². The van der Waals surface area contributed by atoms with Crippen molar-refractivity contribution in [2.75, 3.05) is 7.05 Å². The summed E-state index contributed by atoms with van der Waals surface area (Å²) in [5, 5.41) is 14.8. The largest absolute Gasteiger partial charge is 0.501 e. The Hall–Kier alpha value is -2.74. The van der Waals surface area contributed by atoms with E-state index < -0.39 is 17.2 Å². The number of aromatic hydroxyl groups is 1. The highest BCUT2D eigenvalue weighted by atomic mass is 19.1. The summed E-state index contributed by atoms with van der Waals surface area (Å²) in [4.78, 5) is 29.3. The van der Waals surface area contributed by atoms with Gasteiger partial charge in [0, 0.05) is 19.5 Å². The zero-order valence-electron chi connectivity index (χ0n) is 14.5. The van der Waals surface area contributed by atoms with Crippen LogP contribution in [-0.2, 0) is 13.1 Å². The molecule has 0 saturated carbocycles. The van der Waals surface area contributed by atoms with E-state index in [9.17, 15) is 19.1 Å². The van der Waals surface area contributed by atoms with Gasteiger partial charge in [0.05, 0.1) is 7.05 Å². The number of carbonyl (C=O) groups excluding carboxylic acids is 1. The smallest absolute Gasteiger partial charge is 0.296 e. The summed E-state index contributed by atoms with van der Waals surface area (Å²) in [7, 11) is 1.90. The first-order valence-electron chi connectivity index (χ1n) is 8.67. The van der Waals surface area contributed by atoms with Gasteiger partial charge in [0.25, 0.3) is 11.5 Å². The fourth-order valence-corrected chi connectivity index (χ4v) is 3.17. The van der Waals surface area contributed by atoms with E-state index in [0.29, 0.717) is 17.9 Å². The summed E-state index contributed by atoms with van der Waals surface area (Å²) < 4.78 is 14.4. The molecule has 1 amide bonds. The lowest BCUT2D eigenvalue weighted by atomic mass is 10.1. The van der Waals surface area contributed by atoms with E-state index in [-0.39, 0.29) is 24.1 Å². The van der Waals surface area contributed by atoms with Crippen molar-refractivity contribution in [3.8, 4) is 5.75 Å². The van der Waals surface area contributed by atoms with Gasteiger partial charge in [0.1, 0.15) is 11.9 Å². The normalized spacial score (nSPS) is 16.6. The molecule has 2 aromatic rings. The zero-order valence-corrected chi connectivity index (χ0v) is 14.5. The van der Waals surface area contributed by atoms with Crippen LogP contribution in [0.15, 0.2) is 29.1 Å². The van der Waals surface area contributed by atoms with Crippen LogP contribution < -0.4 is 16.2 Å². The molecule has 0 bridgehead atoms. The summed E-state index contributed by atoms with van der Waals surface area (Å²) in [5.74, 6) is -1.12. The number of amides is 1. The Morgan fingerprint density at radius 3 is 2.81 bits per heavy atom. The predicted molar refractivity (Wildman–Crippen MR) is 92.2 cm³/mol. The molecular weight excluding hydrogens is 339 g/mol. The molecule has 8 heteroatoms. The Morgan fingerprint density at radius 1 is 1.38 bits per heavy atom. The minimum atomic E-state index is -0.637. The molecule has 3 rings (SSSR count). The molecule has 0 fully saturated rings. The number of halogens is 1. The highest BCUT2D eigenvalue weighted by Gasteiger charge is 2.28. The molecule has 1 aromatic carbocycles. The molecule has 0 radical (unpaired) electrons. The molecule has 0 spiro atoms. The molecule has 2 heterocycles. The zero-order chi connectivity index (χ0) is 18.7. The highest BCUT2D eigenvalue weighted by molar-refractivity contribution is 5.94. The monoisotopic (exact) mass is 361 g/mol. The number of nitrogens with zero attached hydrogens (tertiary/aromatic N) is 2. The van der Waals surface area contributed by atoms with Crippen molar-refractivity contribution in [1.29, 1.82) is 0 Å². The van der Waals surface area contributed by atoms with Crippen LogP contribution in [0.25, 0.3) is 0 Å². The first-order chi connectivity index (χ1) is 12.5. The van der Waals surface area contributed by atoms with E-state index in [1.807, 2.05) is 12.4 Å². The number of carbonyl (C=O) groups is 1. The third kappa shape index (κ3) is 3.60. The lowest BCUT2D eigenvalue weighted by Crippen LogP contribution is -2.81. The van der Waals surface area contributed by atoms with Gasteiger partial charge in [-0.25, -0.2) is 9.37 Å². The first kappa shape index (κ1) is 18.1. The Morgan fingerprint density at radius 2 is 2.12 bits per heavy atom. The van der Waals surface area contributed by atoms with Gasteiger partial charge in [0.15, 0.2) is 11.5 Å². The quantitative estimate of drug-likeness (QED) is 0.735. The van der Waals surface area contributed by atoms with Crippen LogP contribution in [0.4, 0.5) is 4.39 Å². The number of nitrogens with one attached hydrogen (secondary N) is 1. The Balaban J connectivity index is 1.88. The molecule has 0 saturated heterocycles. The number of rotatable bonds is 4. The maximum Gasteiger partial charge on any atom is 0.296 e. The average molecular weight is 361 g/mol. The van der Waals surface area contributed by atoms with E-state index in [1.165, 1.54) is 16.7 Å². The predicted octanol–water partition coefficient (Wildman–Crippen LogP) is 0.436. The van der Waals surface area contributed by atoms with Crippen molar-refractivity contribution < 1.29 is 19.6 Å². The van der Waals surface area contributed by atoms with E-state index >= 15 is 0 Å². The highest BCUT2D eigenvalue weighted by Crippen LogP contribution is 2.21. The van der Waals surface area contributed by atoms with E-state index in [0.717, 1.165) is 19.3 Å². The van der Waals surface area contributed by atoms with Crippen LogP contribution in [0.2, 0.25) is 0 Å². The van der Waals surface area contributed by atoms with Gasteiger partial charge in [-0.2, -0.15) is 0 Å². The summed E-state index contributed by atoms with van der Waals surface area (Å²) >= 11 is 0. The molecule has 1 aromatic heterocycles. The van der Waals surface area contributed by atoms with Crippen molar-refractivity contribution in [2.45, 2.75) is 38.4 Å². The van der Waals surface area contributed by atoms with Crippen molar-refractivity contribution in [1.82, 2.24) is 14.9 Å². The molecule has 1 atom stereocenters. The molecule has 26 heavy (non-hydrogen) atoms. The van der Waals surface area contributed by atoms with Crippen LogP contribution >= 0.6 is 0 Å². The number of hydrogen-bond donors (Lipinski definition) is 3. The average Bonchev–Trinajstić information content (AvgIpc) is 2.86. The van der Waals surface area contributed by atoms with Gasteiger partial charge in [-0.3, -0.25) is 14.2 Å². The molecule has 0 aliphatic carbocycles. The molecule has 1 unspecified atom stereocenters. The second-order valence-electron chi connectivity index (χ2n) is 6.37. The lowest BCUT2D eigenvalue weighted by Gasteiger charge is -2.16. The summed E-state index contributed by atoms with van der Waals surface area (Å²) in [6.45, 7) is 0.624. The number of nitrogens with two attached hydrogens (primary N) is 1. The van der Waals surface area contributed by atoms with Crippen molar-refractivity contribution >= 4 is 5.91 Å². The number of benzene rings is 1. The number of quaternary nitrogens is 1. The van der Waals surface area contributed by atoms with Crippen LogP contribution in [0.3, 0.4) is 0 Å². The third-order valence-corrected chi connectivity index (χ3v) is 4.64.